The number of hydrogen-bond acceptors (Lipinski definition) is 3. The second-order valence-electron chi connectivity index (χ2n) is 3.98. The van der Waals surface area contributed by atoms with E-state index in [0.717, 1.165) is 15.6 Å². The third-order valence-electron chi connectivity index (χ3n) is 2.28. The van der Waals surface area contributed by atoms with Crippen molar-refractivity contribution in [1.29, 1.82) is 0 Å². The summed E-state index contributed by atoms with van der Waals surface area (Å²) in [5, 5.41) is 0. The minimum Gasteiger partial charge on any atom is -0.467 e. The van der Waals surface area contributed by atoms with Crippen molar-refractivity contribution in [2.75, 3.05) is 19.9 Å². The van der Waals surface area contributed by atoms with Crippen LogP contribution in [0.5, 0.6) is 5.75 Å². The summed E-state index contributed by atoms with van der Waals surface area (Å²) < 4.78 is 46.3. The normalized spacial score (nSPS) is 11.7. The molecule has 1 aromatic carbocycles. The molecule has 0 saturated heterocycles. The zero-order chi connectivity index (χ0) is 14.5. The molecule has 0 fully saturated rings. The Bertz CT molecular complexity index is 424. The van der Waals surface area contributed by atoms with Gasteiger partial charge in [-0.05, 0) is 43.1 Å². The van der Waals surface area contributed by atoms with Gasteiger partial charge in [-0.15, -0.1) is 0 Å². The van der Waals surface area contributed by atoms with E-state index in [-0.39, 0.29) is 0 Å². The fourth-order valence-corrected chi connectivity index (χ4v) is 2.22. The van der Waals surface area contributed by atoms with E-state index in [1.165, 1.54) is 0 Å². The fraction of sp³-hybridized carbons (Fsp3) is 0.500. The average Bonchev–Trinajstić information content (AvgIpc) is 2.25. The predicted octanol–water partition coefficient (Wildman–Crippen LogP) is 3.17. The van der Waals surface area contributed by atoms with Crippen LogP contribution in [0.1, 0.15) is 11.1 Å². The van der Waals surface area contributed by atoms with E-state index >= 15 is 0 Å². The van der Waals surface area contributed by atoms with Crippen LogP contribution in [-0.2, 0) is 11.2 Å². The Morgan fingerprint density at radius 1 is 1.32 bits per heavy atom. The average molecular weight is 342 g/mol. The molecule has 108 valence electrons. The minimum atomic E-state index is -4.35. The summed E-state index contributed by atoms with van der Waals surface area (Å²) in [5.74, 6) is 0.524. The lowest BCUT2D eigenvalue weighted by Crippen LogP contribution is -2.19. The quantitative estimate of drug-likeness (QED) is 0.638. The molecular formula is C12H15BrF3NO2. The highest BCUT2D eigenvalue weighted by Crippen LogP contribution is 2.28. The first kappa shape index (κ1) is 16.3. The first-order chi connectivity index (χ1) is 8.83. The van der Waals surface area contributed by atoms with E-state index in [4.69, 9.17) is 10.5 Å². The van der Waals surface area contributed by atoms with Gasteiger partial charge in [0.25, 0.3) is 0 Å². The molecule has 0 aliphatic heterocycles. The van der Waals surface area contributed by atoms with Gasteiger partial charge in [-0.2, -0.15) is 13.2 Å². The van der Waals surface area contributed by atoms with Crippen LogP contribution in [-0.4, -0.2) is 26.1 Å². The third kappa shape index (κ3) is 5.80. The molecule has 0 spiro atoms. The standard InChI is InChI=1S/C12H15BrF3NO2/c1-8-4-10(13)5-9(2-3-17)11(8)19-7-18-6-12(14,15)16/h4-5H,2-3,6-7,17H2,1H3. The Hall–Kier alpha value is -0.790. The van der Waals surface area contributed by atoms with Crippen molar-refractivity contribution in [3.05, 3.63) is 27.7 Å². The molecule has 0 saturated carbocycles. The van der Waals surface area contributed by atoms with Crippen molar-refractivity contribution in [1.82, 2.24) is 0 Å². The van der Waals surface area contributed by atoms with Crippen molar-refractivity contribution in [3.63, 3.8) is 0 Å². The van der Waals surface area contributed by atoms with Crippen LogP contribution in [0.4, 0.5) is 13.2 Å². The lowest BCUT2D eigenvalue weighted by atomic mass is 10.1. The lowest BCUT2D eigenvalue weighted by Gasteiger charge is -2.15. The van der Waals surface area contributed by atoms with E-state index in [1.54, 1.807) is 0 Å². The fourth-order valence-electron chi connectivity index (χ4n) is 1.61. The summed E-state index contributed by atoms with van der Waals surface area (Å²) in [7, 11) is 0. The van der Waals surface area contributed by atoms with Crippen LogP contribution in [0.25, 0.3) is 0 Å². The van der Waals surface area contributed by atoms with Crippen LogP contribution in [0.15, 0.2) is 16.6 Å². The number of alkyl halides is 3. The van der Waals surface area contributed by atoms with Gasteiger partial charge < -0.3 is 15.2 Å². The first-order valence-corrected chi connectivity index (χ1v) is 6.39. The van der Waals surface area contributed by atoms with E-state index in [0.29, 0.717) is 18.7 Å². The molecule has 7 heteroatoms. The molecule has 1 aromatic rings. The van der Waals surface area contributed by atoms with E-state index in [1.807, 2.05) is 19.1 Å². The largest absolute Gasteiger partial charge is 0.467 e. The zero-order valence-electron chi connectivity index (χ0n) is 10.4. The van der Waals surface area contributed by atoms with Gasteiger partial charge in [0, 0.05) is 4.47 Å². The molecule has 0 aliphatic carbocycles. The Morgan fingerprint density at radius 2 is 2.00 bits per heavy atom. The van der Waals surface area contributed by atoms with E-state index in [9.17, 15) is 13.2 Å². The maximum Gasteiger partial charge on any atom is 0.411 e. The molecule has 0 radical (unpaired) electrons. The smallest absolute Gasteiger partial charge is 0.411 e. The number of benzene rings is 1. The van der Waals surface area contributed by atoms with Crippen molar-refractivity contribution in [2.24, 2.45) is 5.73 Å². The van der Waals surface area contributed by atoms with Gasteiger partial charge in [0.05, 0.1) is 0 Å². The van der Waals surface area contributed by atoms with Gasteiger partial charge in [0.1, 0.15) is 12.4 Å². The second kappa shape index (κ2) is 7.12. The molecule has 0 bridgehead atoms. The van der Waals surface area contributed by atoms with Crippen LogP contribution < -0.4 is 10.5 Å². The summed E-state index contributed by atoms with van der Waals surface area (Å²) in [5.41, 5.74) is 7.14. The number of nitrogens with two attached hydrogens (primary N) is 1. The summed E-state index contributed by atoms with van der Waals surface area (Å²) >= 11 is 3.35. The van der Waals surface area contributed by atoms with Crippen LogP contribution in [0, 0.1) is 6.92 Å². The molecule has 1 rings (SSSR count). The Labute approximate surface area is 118 Å². The predicted molar refractivity (Wildman–Crippen MR) is 69.1 cm³/mol. The number of ether oxygens (including phenoxy) is 2. The van der Waals surface area contributed by atoms with Gasteiger partial charge >= 0.3 is 6.18 Å². The molecule has 0 heterocycles. The molecule has 0 atom stereocenters. The highest BCUT2D eigenvalue weighted by Gasteiger charge is 2.27. The number of hydrogen-bond donors (Lipinski definition) is 1. The summed E-state index contributed by atoms with van der Waals surface area (Å²) in [6, 6.07) is 3.65. The van der Waals surface area contributed by atoms with E-state index in [2.05, 4.69) is 20.7 Å². The molecule has 0 aromatic heterocycles. The Balaban J connectivity index is 2.66. The SMILES string of the molecule is Cc1cc(Br)cc(CCN)c1OCOCC(F)(F)F. The third-order valence-corrected chi connectivity index (χ3v) is 2.74. The lowest BCUT2D eigenvalue weighted by molar-refractivity contribution is -0.186. The van der Waals surface area contributed by atoms with Crippen molar-refractivity contribution in [3.8, 4) is 5.75 Å². The monoisotopic (exact) mass is 341 g/mol. The number of aryl methyl sites for hydroxylation is 1. The van der Waals surface area contributed by atoms with Crippen LogP contribution in [0.2, 0.25) is 0 Å². The molecule has 0 unspecified atom stereocenters. The van der Waals surface area contributed by atoms with E-state index < -0.39 is 19.6 Å². The molecule has 3 nitrogen and oxygen atoms in total. The minimum absolute atomic E-state index is 0.426. The first-order valence-electron chi connectivity index (χ1n) is 5.60. The highest BCUT2D eigenvalue weighted by atomic mass is 79.9. The summed E-state index contributed by atoms with van der Waals surface area (Å²) in [6.45, 7) is 0.466. The molecular weight excluding hydrogens is 327 g/mol. The molecule has 0 amide bonds. The Morgan fingerprint density at radius 3 is 2.58 bits per heavy atom. The van der Waals surface area contributed by atoms with Crippen LogP contribution >= 0.6 is 15.9 Å². The zero-order valence-corrected chi connectivity index (χ0v) is 12.0. The van der Waals surface area contributed by atoms with Gasteiger partial charge in [0.2, 0.25) is 0 Å². The summed E-state index contributed by atoms with van der Waals surface area (Å²) in [6.07, 6.45) is -3.77. The molecule has 0 aliphatic rings. The van der Waals surface area contributed by atoms with Gasteiger partial charge in [-0.1, -0.05) is 15.9 Å². The molecule has 2 N–H and O–H groups in total. The van der Waals surface area contributed by atoms with Crippen molar-refractivity contribution < 1.29 is 22.6 Å². The van der Waals surface area contributed by atoms with Gasteiger partial charge in [-0.25, -0.2) is 0 Å². The summed E-state index contributed by atoms with van der Waals surface area (Å²) in [4.78, 5) is 0. The maximum atomic E-state index is 11.9. The van der Waals surface area contributed by atoms with Crippen molar-refractivity contribution >= 4 is 15.9 Å². The topological polar surface area (TPSA) is 44.5 Å². The number of rotatable bonds is 6. The Kier molecular flexibility index (Phi) is 6.09. The van der Waals surface area contributed by atoms with Crippen LogP contribution in [0.3, 0.4) is 0 Å². The van der Waals surface area contributed by atoms with Gasteiger partial charge in [0.15, 0.2) is 6.79 Å². The maximum absolute atomic E-state index is 11.9. The van der Waals surface area contributed by atoms with Gasteiger partial charge in [-0.3, -0.25) is 0 Å². The highest BCUT2D eigenvalue weighted by molar-refractivity contribution is 9.10. The molecule has 19 heavy (non-hydrogen) atoms. The number of halogens is 4. The van der Waals surface area contributed by atoms with Crippen molar-refractivity contribution in [2.45, 2.75) is 19.5 Å². The second-order valence-corrected chi connectivity index (χ2v) is 4.89.